The number of rotatable bonds is 4. The summed E-state index contributed by atoms with van der Waals surface area (Å²) in [5, 5.41) is 3.30. The summed E-state index contributed by atoms with van der Waals surface area (Å²) in [6.45, 7) is 5.69. The summed E-state index contributed by atoms with van der Waals surface area (Å²) in [4.78, 5) is 2.33. The van der Waals surface area contributed by atoms with E-state index in [0.29, 0.717) is 31.1 Å². The highest BCUT2D eigenvalue weighted by atomic mass is 19.3. The van der Waals surface area contributed by atoms with Crippen LogP contribution in [0.4, 0.5) is 8.78 Å². The number of alkyl halides is 2. The average molecular weight is 298 g/mol. The monoisotopic (exact) mass is 298 g/mol. The molecule has 1 aromatic carbocycles. The van der Waals surface area contributed by atoms with E-state index in [1.165, 1.54) is 6.07 Å². The lowest BCUT2D eigenvalue weighted by molar-refractivity contribution is 0.146. The highest BCUT2D eigenvalue weighted by molar-refractivity contribution is 5.50. The van der Waals surface area contributed by atoms with Gasteiger partial charge in [-0.2, -0.15) is 0 Å². The largest absolute Gasteiger partial charge is 0.486 e. The highest BCUT2D eigenvalue weighted by Crippen LogP contribution is 2.38. The smallest absolute Gasteiger partial charge is 0.263 e. The summed E-state index contributed by atoms with van der Waals surface area (Å²) in [5.74, 6) is 1.09. The minimum Gasteiger partial charge on any atom is -0.486 e. The van der Waals surface area contributed by atoms with Gasteiger partial charge in [-0.3, -0.25) is 0 Å². The normalized spacial score (nSPS) is 19.0. The third kappa shape index (κ3) is 3.44. The second-order valence-corrected chi connectivity index (χ2v) is 5.35. The Morgan fingerprint density at radius 1 is 1.14 bits per heavy atom. The molecule has 0 bridgehead atoms. The Kier molecular flexibility index (Phi) is 4.55. The van der Waals surface area contributed by atoms with Crippen molar-refractivity contribution in [2.45, 2.75) is 12.8 Å². The Morgan fingerprint density at radius 3 is 2.67 bits per heavy atom. The molecule has 0 saturated carbocycles. The number of hydrogen-bond donors (Lipinski definition) is 1. The molecule has 0 radical (unpaired) electrons. The van der Waals surface area contributed by atoms with Crippen LogP contribution in [-0.2, 0) is 6.42 Å². The van der Waals surface area contributed by atoms with E-state index < -0.39 is 6.43 Å². The predicted octanol–water partition coefficient (Wildman–Crippen LogP) is 1.84. The van der Waals surface area contributed by atoms with Crippen LogP contribution >= 0.6 is 0 Å². The summed E-state index contributed by atoms with van der Waals surface area (Å²) in [7, 11) is 0. The first-order valence-electron chi connectivity index (χ1n) is 7.37. The maximum Gasteiger partial charge on any atom is 0.263 e. The fourth-order valence-electron chi connectivity index (χ4n) is 2.77. The van der Waals surface area contributed by atoms with Crippen LogP contribution in [-0.4, -0.2) is 50.8 Å². The lowest BCUT2D eigenvalue weighted by Crippen LogP contribution is -2.44. The molecule has 0 amide bonds. The van der Waals surface area contributed by atoms with Gasteiger partial charge in [-0.15, -0.1) is 0 Å². The maximum atomic E-state index is 13.0. The summed E-state index contributed by atoms with van der Waals surface area (Å²) >= 11 is 0. The zero-order valence-corrected chi connectivity index (χ0v) is 11.9. The molecule has 3 rings (SSSR count). The molecular weight excluding hydrogens is 278 g/mol. The summed E-state index contributed by atoms with van der Waals surface area (Å²) in [6, 6.07) is 2.95. The van der Waals surface area contributed by atoms with E-state index in [0.717, 1.165) is 38.3 Å². The van der Waals surface area contributed by atoms with Crippen LogP contribution in [0.1, 0.15) is 17.6 Å². The fraction of sp³-hybridized carbons (Fsp3) is 0.600. The number of nitrogens with zero attached hydrogens (tertiary/aromatic N) is 1. The molecule has 2 aliphatic heterocycles. The van der Waals surface area contributed by atoms with Crippen molar-refractivity contribution < 1.29 is 18.3 Å². The van der Waals surface area contributed by atoms with Crippen LogP contribution in [0, 0.1) is 0 Å². The lowest BCUT2D eigenvalue weighted by Gasteiger charge is -2.28. The van der Waals surface area contributed by atoms with Crippen LogP contribution in [0.25, 0.3) is 0 Å². The summed E-state index contributed by atoms with van der Waals surface area (Å²) < 4.78 is 37.1. The molecule has 0 aromatic heterocycles. The van der Waals surface area contributed by atoms with Gasteiger partial charge in [0.1, 0.15) is 13.2 Å². The summed E-state index contributed by atoms with van der Waals surface area (Å²) in [6.07, 6.45) is -1.79. The number of hydrogen-bond acceptors (Lipinski definition) is 4. The minimum absolute atomic E-state index is 0.00885. The molecule has 0 spiro atoms. The predicted molar refractivity (Wildman–Crippen MR) is 75.4 cm³/mol. The van der Waals surface area contributed by atoms with E-state index in [4.69, 9.17) is 9.47 Å². The first kappa shape index (κ1) is 14.5. The zero-order chi connectivity index (χ0) is 14.7. The van der Waals surface area contributed by atoms with Crippen LogP contribution in [0.5, 0.6) is 11.5 Å². The first-order valence-corrected chi connectivity index (χ1v) is 7.37. The fourth-order valence-corrected chi connectivity index (χ4v) is 2.77. The Labute approximate surface area is 123 Å². The second kappa shape index (κ2) is 6.58. The van der Waals surface area contributed by atoms with Crippen molar-refractivity contribution >= 4 is 0 Å². The van der Waals surface area contributed by atoms with Gasteiger partial charge in [-0.1, -0.05) is 0 Å². The van der Waals surface area contributed by atoms with Crippen molar-refractivity contribution in [2.75, 3.05) is 45.9 Å². The van der Waals surface area contributed by atoms with Crippen molar-refractivity contribution in [1.29, 1.82) is 0 Å². The number of halogens is 2. The molecule has 116 valence electrons. The van der Waals surface area contributed by atoms with Crippen molar-refractivity contribution in [3.63, 3.8) is 0 Å². The number of benzene rings is 1. The van der Waals surface area contributed by atoms with Gasteiger partial charge in [0, 0.05) is 38.3 Å². The molecule has 0 unspecified atom stereocenters. The molecule has 0 atom stereocenters. The van der Waals surface area contributed by atoms with Crippen molar-refractivity contribution in [3.05, 3.63) is 23.3 Å². The van der Waals surface area contributed by atoms with Crippen LogP contribution in [0.2, 0.25) is 0 Å². The Balaban J connectivity index is 1.77. The SMILES string of the molecule is FC(F)c1cc(CCN2CCNCC2)c2c(c1)OCCO2. The van der Waals surface area contributed by atoms with Gasteiger partial charge in [0.05, 0.1) is 0 Å². The van der Waals surface area contributed by atoms with E-state index in [2.05, 4.69) is 10.2 Å². The van der Waals surface area contributed by atoms with Crippen molar-refractivity contribution in [2.24, 2.45) is 0 Å². The Bertz CT molecular complexity index is 491. The molecule has 21 heavy (non-hydrogen) atoms. The molecule has 6 heteroatoms. The van der Waals surface area contributed by atoms with Crippen LogP contribution in [0.3, 0.4) is 0 Å². The average Bonchev–Trinajstić information content (AvgIpc) is 2.53. The number of ether oxygens (including phenoxy) is 2. The molecular formula is C15H20F2N2O2. The highest BCUT2D eigenvalue weighted by Gasteiger charge is 2.21. The molecule has 1 saturated heterocycles. The molecule has 1 N–H and O–H groups in total. The number of piperazine rings is 1. The second-order valence-electron chi connectivity index (χ2n) is 5.35. The van der Waals surface area contributed by atoms with Crippen molar-refractivity contribution in [3.8, 4) is 11.5 Å². The van der Waals surface area contributed by atoms with Gasteiger partial charge in [0.25, 0.3) is 6.43 Å². The number of fused-ring (bicyclic) bond motifs is 1. The van der Waals surface area contributed by atoms with E-state index in [9.17, 15) is 8.78 Å². The van der Waals surface area contributed by atoms with Crippen LogP contribution in [0.15, 0.2) is 12.1 Å². The Hall–Kier alpha value is -1.40. The Morgan fingerprint density at radius 2 is 1.90 bits per heavy atom. The molecule has 1 fully saturated rings. The van der Waals surface area contributed by atoms with Gasteiger partial charge in [0.2, 0.25) is 0 Å². The molecule has 4 nitrogen and oxygen atoms in total. The number of nitrogens with one attached hydrogen (secondary N) is 1. The van der Waals surface area contributed by atoms with Crippen molar-refractivity contribution in [1.82, 2.24) is 10.2 Å². The minimum atomic E-state index is -2.49. The molecule has 1 aromatic rings. The molecule has 2 heterocycles. The van der Waals surface area contributed by atoms with E-state index in [-0.39, 0.29) is 5.56 Å². The standard InChI is InChI=1S/C15H20F2N2O2/c16-15(17)12-9-11(1-4-19-5-2-18-3-6-19)14-13(10-12)20-7-8-21-14/h9-10,15,18H,1-8H2. The zero-order valence-electron chi connectivity index (χ0n) is 11.9. The third-order valence-electron chi connectivity index (χ3n) is 3.90. The van der Waals surface area contributed by atoms with E-state index >= 15 is 0 Å². The van der Waals surface area contributed by atoms with Gasteiger partial charge in [0.15, 0.2) is 11.5 Å². The lowest BCUT2D eigenvalue weighted by atomic mass is 10.0. The third-order valence-corrected chi connectivity index (χ3v) is 3.90. The topological polar surface area (TPSA) is 33.7 Å². The van der Waals surface area contributed by atoms with E-state index in [1.807, 2.05) is 0 Å². The van der Waals surface area contributed by atoms with Gasteiger partial charge >= 0.3 is 0 Å². The quantitative estimate of drug-likeness (QED) is 0.920. The molecule has 0 aliphatic carbocycles. The first-order chi connectivity index (χ1) is 10.2. The van der Waals surface area contributed by atoms with Gasteiger partial charge < -0.3 is 19.7 Å². The van der Waals surface area contributed by atoms with Crippen LogP contribution < -0.4 is 14.8 Å². The maximum absolute atomic E-state index is 13.0. The van der Waals surface area contributed by atoms with Gasteiger partial charge in [-0.05, 0) is 24.1 Å². The van der Waals surface area contributed by atoms with E-state index in [1.54, 1.807) is 6.07 Å². The van der Waals surface area contributed by atoms with Gasteiger partial charge in [-0.25, -0.2) is 8.78 Å². The summed E-state index contributed by atoms with van der Waals surface area (Å²) in [5.41, 5.74) is 0.829. The molecule has 2 aliphatic rings.